The fourth-order valence-electron chi connectivity index (χ4n) is 3.43. The van der Waals surface area contributed by atoms with Gasteiger partial charge in [-0.05, 0) is 29.8 Å². The molecule has 2 N–H and O–H groups in total. The summed E-state index contributed by atoms with van der Waals surface area (Å²) in [4.78, 5) is 40.4. The van der Waals surface area contributed by atoms with Crippen LogP contribution in [0.15, 0.2) is 54.6 Å². The third kappa shape index (κ3) is 3.90. The van der Waals surface area contributed by atoms with Crippen LogP contribution < -0.4 is 15.6 Å². The molecule has 2 aromatic carbocycles. The summed E-state index contributed by atoms with van der Waals surface area (Å²) in [5, 5.41) is 3.77. The molecule has 2 heterocycles. The van der Waals surface area contributed by atoms with Gasteiger partial charge in [0.25, 0.3) is 0 Å². The molecule has 0 bridgehead atoms. The molecule has 2 fully saturated rings. The van der Waals surface area contributed by atoms with Gasteiger partial charge in [-0.25, -0.2) is 4.39 Å². The number of anilines is 1. The minimum absolute atomic E-state index is 0.293. The second-order valence-electron chi connectivity index (χ2n) is 6.82. The van der Waals surface area contributed by atoms with E-state index in [1.165, 1.54) is 17.0 Å². The van der Waals surface area contributed by atoms with Crippen molar-refractivity contribution in [3.05, 3.63) is 66.0 Å². The summed E-state index contributed by atoms with van der Waals surface area (Å²) in [6.07, 6.45) is -0.618. The van der Waals surface area contributed by atoms with Crippen LogP contribution in [0.1, 0.15) is 5.56 Å². The number of fused-ring (bicyclic) bond motifs is 1. The van der Waals surface area contributed by atoms with Crippen LogP contribution in [0.4, 0.5) is 10.1 Å². The third-order valence-corrected chi connectivity index (χ3v) is 4.93. The Morgan fingerprint density at radius 3 is 2.41 bits per heavy atom. The molecule has 2 saturated heterocycles. The van der Waals surface area contributed by atoms with Crippen molar-refractivity contribution in [3.8, 4) is 0 Å². The zero-order valence-electron chi connectivity index (χ0n) is 15.5. The van der Waals surface area contributed by atoms with Crippen molar-refractivity contribution in [1.82, 2.24) is 20.7 Å². The summed E-state index contributed by atoms with van der Waals surface area (Å²) >= 11 is 0. The van der Waals surface area contributed by atoms with Gasteiger partial charge in [-0.1, -0.05) is 30.3 Å². The SMILES string of the molecule is O=C(CN1NC2N(CCN2c2ccc(F)cc2)C(=O)C1=O)NCc1ccccc1. The molecule has 8 nitrogen and oxygen atoms in total. The number of amides is 3. The van der Waals surface area contributed by atoms with E-state index >= 15 is 0 Å². The molecule has 1 unspecified atom stereocenters. The van der Waals surface area contributed by atoms with Crippen molar-refractivity contribution in [2.45, 2.75) is 12.8 Å². The van der Waals surface area contributed by atoms with E-state index in [1.54, 1.807) is 12.1 Å². The molecule has 4 rings (SSSR count). The third-order valence-electron chi connectivity index (χ3n) is 4.93. The predicted octanol–water partition coefficient (Wildman–Crippen LogP) is 0.421. The molecule has 0 aromatic heterocycles. The van der Waals surface area contributed by atoms with Crippen LogP contribution in [0.2, 0.25) is 0 Å². The van der Waals surface area contributed by atoms with Crippen LogP contribution in [0.25, 0.3) is 0 Å². The molecule has 0 saturated carbocycles. The van der Waals surface area contributed by atoms with Gasteiger partial charge in [0.05, 0.1) is 0 Å². The molecular formula is C20H20FN5O3. The molecule has 0 aliphatic carbocycles. The minimum atomic E-state index is -0.780. The largest absolute Gasteiger partial charge is 0.350 e. The van der Waals surface area contributed by atoms with Crippen LogP contribution in [0.3, 0.4) is 0 Å². The summed E-state index contributed by atoms with van der Waals surface area (Å²) in [6, 6.07) is 15.3. The van der Waals surface area contributed by atoms with E-state index in [2.05, 4.69) is 10.7 Å². The number of carbonyl (C=O) groups excluding carboxylic acids is 3. The second kappa shape index (κ2) is 7.88. The molecule has 0 spiro atoms. The van der Waals surface area contributed by atoms with Crippen LogP contribution in [-0.2, 0) is 20.9 Å². The lowest BCUT2D eigenvalue weighted by atomic mass is 10.2. The van der Waals surface area contributed by atoms with Crippen molar-refractivity contribution >= 4 is 23.4 Å². The Hall–Kier alpha value is -3.46. The number of carbonyl (C=O) groups is 3. The highest BCUT2D eigenvalue weighted by Crippen LogP contribution is 2.25. The molecule has 2 aliphatic rings. The van der Waals surface area contributed by atoms with Crippen LogP contribution in [0, 0.1) is 5.82 Å². The van der Waals surface area contributed by atoms with Crippen LogP contribution in [0.5, 0.6) is 0 Å². The molecular weight excluding hydrogens is 377 g/mol. The maximum atomic E-state index is 13.2. The standard InChI is InChI=1S/C20H20FN5O3/c21-15-6-8-16(9-7-15)24-10-11-25-18(28)19(29)26(23-20(24)25)13-17(27)22-12-14-4-2-1-3-5-14/h1-9,20,23H,10-13H2,(H,22,27). The van der Waals surface area contributed by atoms with Gasteiger partial charge in [0.15, 0.2) is 6.29 Å². The van der Waals surface area contributed by atoms with Crippen molar-refractivity contribution in [2.75, 3.05) is 24.5 Å². The van der Waals surface area contributed by atoms with Crippen molar-refractivity contribution < 1.29 is 18.8 Å². The summed E-state index contributed by atoms with van der Waals surface area (Å²) < 4.78 is 13.2. The quantitative estimate of drug-likeness (QED) is 0.715. The summed E-state index contributed by atoms with van der Waals surface area (Å²) in [5.74, 6) is -2.20. The van der Waals surface area contributed by atoms with Crippen molar-refractivity contribution in [1.29, 1.82) is 0 Å². The molecule has 29 heavy (non-hydrogen) atoms. The molecule has 1 atom stereocenters. The maximum Gasteiger partial charge on any atom is 0.326 e. The number of benzene rings is 2. The molecule has 9 heteroatoms. The van der Waals surface area contributed by atoms with E-state index in [1.807, 2.05) is 35.2 Å². The number of rotatable bonds is 5. The fourth-order valence-corrected chi connectivity index (χ4v) is 3.43. The molecule has 0 radical (unpaired) electrons. The fraction of sp³-hybridized carbons (Fsp3) is 0.250. The number of hydrazine groups is 1. The molecule has 3 amide bonds. The summed E-state index contributed by atoms with van der Waals surface area (Å²) in [5.41, 5.74) is 4.59. The highest BCUT2D eigenvalue weighted by Gasteiger charge is 2.45. The van der Waals surface area contributed by atoms with Gasteiger partial charge < -0.3 is 10.2 Å². The first kappa shape index (κ1) is 18.9. The first-order valence-corrected chi connectivity index (χ1v) is 9.24. The van der Waals surface area contributed by atoms with E-state index in [9.17, 15) is 18.8 Å². The first-order valence-electron chi connectivity index (χ1n) is 9.24. The lowest BCUT2D eigenvalue weighted by Crippen LogP contribution is -2.68. The van der Waals surface area contributed by atoms with Crippen LogP contribution >= 0.6 is 0 Å². The topological polar surface area (TPSA) is 85.0 Å². The number of hydrogen-bond acceptors (Lipinski definition) is 5. The minimum Gasteiger partial charge on any atom is -0.350 e. The normalized spacial score (nSPS) is 18.8. The smallest absolute Gasteiger partial charge is 0.326 e. The van der Waals surface area contributed by atoms with E-state index in [0.29, 0.717) is 25.3 Å². The summed E-state index contributed by atoms with van der Waals surface area (Å²) in [6.45, 7) is 0.871. The zero-order chi connectivity index (χ0) is 20.4. The van der Waals surface area contributed by atoms with Gasteiger partial charge >= 0.3 is 11.8 Å². The Kier molecular flexibility index (Phi) is 5.13. The maximum absolute atomic E-state index is 13.2. The number of hydrogen-bond donors (Lipinski definition) is 2. The molecule has 2 aromatic rings. The zero-order valence-corrected chi connectivity index (χ0v) is 15.5. The average Bonchev–Trinajstić information content (AvgIpc) is 3.15. The van der Waals surface area contributed by atoms with E-state index in [4.69, 9.17) is 0 Å². The van der Waals surface area contributed by atoms with E-state index < -0.39 is 18.1 Å². The van der Waals surface area contributed by atoms with Gasteiger partial charge in [0.1, 0.15) is 12.4 Å². The lowest BCUT2D eigenvalue weighted by Gasteiger charge is -2.40. The van der Waals surface area contributed by atoms with Gasteiger partial charge in [-0.15, -0.1) is 0 Å². The average molecular weight is 397 g/mol. The molecule has 2 aliphatic heterocycles. The first-order chi connectivity index (χ1) is 14.0. The number of halogens is 1. The van der Waals surface area contributed by atoms with E-state index in [0.717, 1.165) is 10.6 Å². The van der Waals surface area contributed by atoms with E-state index in [-0.39, 0.29) is 18.3 Å². The Labute approximate surface area is 166 Å². The lowest BCUT2D eigenvalue weighted by molar-refractivity contribution is -0.163. The van der Waals surface area contributed by atoms with Crippen molar-refractivity contribution in [3.63, 3.8) is 0 Å². The summed E-state index contributed by atoms with van der Waals surface area (Å²) in [7, 11) is 0. The number of nitrogens with one attached hydrogen (secondary N) is 2. The van der Waals surface area contributed by atoms with Gasteiger partial charge in [-0.2, -0.15) is 5.43 Å². The highest BCUT2D eigenvalue weighted by molar-refractivity contribution is 6.35. The highest BCUT2D eigenvalue weighted by atomic mass is 19.1. The predicted molar refractivity (Wildman–Crippen MR) is 102 cm³/mol. The van der Waals surface area contributed by atoms with Crippen molar-refractivity contribution in [2.24, 2.45) is 0 Å². The molecule has 150 valence electrons. The number of nitrogens with zero attached hydrogens (tertiary/aromatic N) is 3. The van der Waals surface area contributed by atoms with Crippen LogP contribution in [-0.4, -0.2) is 53.6 Å². The monoisotopic (exact) mass is 397 g/mol. The Morgan fingerprint density at radius 1 is 1.00 bits per heavy atom. The Morgan fingerprint density at radius 2 is 1.69 bits per heavy atom. The Bertz CT molecular complexity index is 921. The van der Waals surface area contributed by atoms with Gasteiger partial charge in [0, 0.05) is 25.3 Å². The second-order valence-corrected chi connectivity index (χ2v) is 6.82. The Balaban J connectivity index is 1.43. The van der Waals surface area contributed by atoms with Gasteiger partial charge in [0.2, 0.25) is 5.91 Å². The van der Waals surface area contributed by atoms with Gasteiger partial charge in [-0.3, -0.25) is 24.3 Å².